The third-order valence-electron chi connectivity index (χ3n) is 6.49. The Balaban J connectivity index is 1.32. The van der Waals surface area contributed by atoms with Gasteiger partial charge in [-0.05, 0) is 43.6 Å². The van der Waals surface area contributed by atoms with Crippen molar-refractivity contribution in [2.24, 2.45) is 41.2 Å². The molecule has 24 heavy (non-hydrogen) atoms. The predicted octanol–water partition coefficient (Wildman–Crippen LogP) is 0.285. The standard InChI is InChI=1S/C18H25N3O3/c19-9-12-2-1-3-13(12)16(22)20-6-7-21-17(23)14-10-4-5-11(8-10)15(14)18(21)24/h4-5,10-15H,1-3,6-9,19H2,(H,20,22)/t10?,11?,12-,13-,14?,15?/m1/s1. The van der Waals surface area contributed by atoms with Gasteiger partial charge in [0.15, 0.2) is 0 Å². The van der Waals surface area contributed by atoms with Gasteiger partial charge in [-0.15, -0.1) is 0 Å². The highest BCUT2D eigenvalue weighted by Gasteiger charge is 2.58. The molecule has 0 spiro atoms. The molecule has 3 N–H and O–H groups in total. The number of hydrogen-bond donors (Lipinski definition) is 2. The fourth-order valence-electron chi connectivity index (χ4n) is 5.27. The lowest BCUT2D eigenvalue weighted by molar-refractivity contribution is -0.141. The Hall–Kier alpha value is -1.69. The molecule has 0 aromatic carbocycles. The Kier molecular flexibility index (Phi) is 3.95. The van der Waals surface area contributed by atoms with Crippen molar-refractivity contribution in [3.05, 3.63) is 12.2 Å². The Morgan fingerprint density at radius 1 is 1.17 bits per heavy atom. The number of hydrogen-bond acceptors (Lipinski definition) is 4. The van der Waals surface area contributed by atoms with E-state index < -0.39 is 0 Å². The molecule has 6 atom stereocenters. The van der Waals surface area contributed by atoms with Crippen LogP contribution in [0, 0.1) is 35.5 Å². The number of amides is 3. The number of fused-ring (bicyclic) bond motifs is 5. The molecule has 1 aliphatic heterocycles. The van der Waals surface area contributed by atoms with Crippen LogP contribution >= 0.6 is 0 Å². The maximum Gasteiger partial charge on any atom is 0.233 e. The lowest BCUT2D eigenvalue weighted by atomic mass is 9.85. The Morgan fingerprint density at radius 2 is 1.83 bits per heavy atom. The van der Waals surface area contributed by atoms with E-state index >= 15 is 0 Å². The van der Waals surface area contributed by atoms with Gasteiger partial charge in [0, 0.05) is 19.0 Å². The van der Waals surface area contributed by atoms with Crippen molar-refractivity contribution in [2.45, 2.75) is 25.7 Å². The first-order valence-electron chi connectivity index (χ1n) is 9.13. The molecule has 130 valence electrons. The van der Waals surface area contributed by atoms with Crippen LogP contribution in [-0.2, 0) is 14.4 Å². The Labute approximate surface area is 141 Å². The van der Waals surface area contributed by atoms with Crippen LogP contribution < -0.4 is 11.1 Å². The van der Waals surface area contributed by atoms with Crippen molar-refractivity contribution in [1.82, 2.24) is 10.2 Å². The van der Waals surface area contributed by atoms with Crippen molar-refractivity contribution in [3.63, 3.8) is 0 Å². The van der Waals surface area contributed by atoms with Crippen molar-refractivity contribution in [1.29, 1.82) is 0 Å². The summed E-state index contributed by atoms with van der Waals surface area (Å²) in [7, 11) is 0. The van der Waals surface area contributed by atoms with Crippen LogP contribution in [-0.4, -0.2) is 42.3 Å². The van der Waals surface area contributed by atoms with Gasteiger partial charge in [-0.25, -0.2) is 0 Å². The summed E-state index contributed by atoms with van der Waals surface area (Å²) in [5.41, 5.74) is 5.73. The minimum absolute atomic E-state index is 0.0144. The summed E-state index contributed by atoms with van der Waals surface area (Å²) in [6.07, 6.45) is 8.07. The second-order valence-electron chi connectivity index (χ2n) is 7.65. The number of likely N-dealkylation sites (tertiary alicyclic amines) is 1. The summed E-state index contributed by atoms with van der Waals surface area (Å²) in [6.45, 7) is 1.17. The van der Waals surface area contributed by atoms with Gasteiger partial charge < -0.3 is 11.1 Å². The molecule has 6 heteroatoms. The number of carbonyl (C=O) groups excluding carboxylic acids is 3. The number of nitrogens with two attached hydrogens (primary N) is 1. The smallest absolute Gasteiger partial charge is 0.233 e. The number of nitrogens with zero attached hydrogens (tertiary/aromatic N) is 1. The van der Waals surface area contributed by atoms with Gasteiger partial charge in [0.05, 0.1) is 11.8 Å². The molecule has 0 radical (unpaired) electrons. The normalized spacial score (nSPS) is 39.8. The molecule has 4 aliphatic rings. The third kappa shape index (κ3) is 2.31. The van der Waals surface area contributed by atoms with Crippen molar-refractivity contribution < 1.29 is 14.4 Å². The Bertz CT molecular complexity index is 572. The second-order valence-corrected chi connectivity index (χ2v) is 7.65. The zero-order chi connectivity index (χ0) is 16.8. The summed E-state index contributed by atoms with van der Waals surface area (Å²) in [4.78, 5) is 38.8. The van der Waals surface area contributed by atoms with Gasteiger partial charge in [0.25, 0.3) is 0 Å². The van der Waals surface area contributed by atoms with E-state index in [0.717, 1.165) is 25.7 Å². The summed E-state index contributed by atoms with van der Waals surface area (Å²) in [5.74, 6) is 0.345. The van der Waals surface area contributed by atoms with E-state index in [9.17, 15) is 14.4 Å². The number of rotatable bonds is 5. The molecule has 3 amide bonds. The lowest BCUT2D eigenvalue weighted by Gasteiger charge is -2.20. The molecule has 1 saturated heterocycles. The molecule has 1 heterocycles. The zero-order valence-electron chi connectivity index (χ0n) is 13.8. The van der Waals surface area contributed by atoms with Gasteiger partial charge in [-0.2, -0.15) is 0 Å². The van der Waals surface area contributed by atoms with Gasteiger partial charge >= 0.3 is 0 Å². The van der Waals surface area contributed by atoms with Crippen molar-refractivity contribution in [3.8, 4) is 0 Å². The van der Waals surface area contributed by atoms with Crippen LogP contribution in [0.5, 0.6) is 0 Å². The van der Waals surface area contributed by atoms with Crippen molar-refractivity contribution >= 4 is 17.7 Å². The van der Waals surface area contributed by atoms with Crippen LogP contribution in [0.3, 0.4) is 0 Å². The van der Waals surface area contributed by atoms with Crippen LogP contribution in [0.15, 0.2) is 12.2 Å². The number of carbonyl (C=O) groups is 3. The average molecular weight is 331 g/mol. The summed E-state index contributed by atoms with van der Waals surface area (Å²) < 4.78 is 0. The molecule has 3 aliphatic carbocycles. The summed E-state index contributed by atoms with van der Waals surface area (Å²) in [6, 6.07) is 0. The largest absolute Gasteiger partial charge is 0.354 e. The van der Waals surface area contributed by atoms with Crippen LogP contribution in [0.1, 0.15) is 25.7 Å². The van der Waals surface area contributed by atoms with E-state index in [1.165, 1.54) is 4.90 Å². The monoisotopic (exact) mass is 331 g/mol. The maximum atomic E-state index is 12.6. The third-order valence-corrected chi connectivity index (χ3v) is 6.49. The fraction of sp³-hybridized carbons (Fsp3) is 0.722. The van der Waals surface area contributed by atoms with Gasteiger partial charge in [0.1, 0.15) is 0 Å². The van der Waals surface area contributed by atoms with Crippen molar-refractivity contribution in [2.75, 3.05) is 19.6 Å². The quantitative estimate of drug-likeness (QED) is 0.559. The average Bonchev–Trinajstić information content (AvgIpc) is 3.33. The minimum atomic E-state index is -0.153. The first-order valence-corrected chi connectivity index (χ1v) is 9.13. The predicted molar refractivity (Wildman–Crippen MR) is 87.3 cm³/mol. The highest BCUT2D eigenvalue weighted by Crippen LogP contribution is 2.52. The second kappa shape index (κ2) is 5.99. The van der Waals surface area contributed by atoms with Crippen LogP contribution in [0.4, 0.5) is 0 Å². The molecule has 4 rings (SSSR count). The highest BCUT2D eigenvalue weighted by molar-refractivity contribution is 6.06. The zero-order valence-corrected chi connectivity index (χ0v) is 13.8. The molecule has 0 aromatic heterocycles. The summed E-state index contributed by atoms with van der Waals surface area (Å²) in [5, 5.41) is 2.90. The molecule has 3 fully saturated rings. The topological polar surface area (TPSA) is 92.5 Å². The number of imide groups is 1. The van der Waals surface area contributed by atoms with Gasteiger partial charge in [-0.1, -0.05) is 18.6 Å². The molecule has 2 bridgehead atoms. The first-order chi connectivity index (χ1) is 11.6. The van der Waals surface area contributed by atoms with E-state index in [1.807, 2.05) is 0 Å². The molecule has 2 saturated carbocycles. The summed E-state index contributed by atoms with van der Waals surface area (Å²) >= 11 is 0. The lowest BCUT2D eigenvalue weighted by Crippen LogP contribution is -2.42. The van der Waals surface area contributed by atoms with E-state index in [2.05, 4.69) is 17.5 Å². The minimum Gasteiger partial charge on any atom is -0.354 e. The van der Waals surface area contributed by atoms with E-state index in [4.69, 9.17) is 5.73 Å². The first kappa shape index (κ1) is 15.8. The molecule has 6 nitrogen and oxygen atoms in total. The molecule has 0 aromatic rings. The van der Waals surface area contributed by atoms with Crippen LogP contribution in [0.25, 0.3) is 0 Å². The van der Waals surface area contributed by atoms with E-state index in [-0.39, 0.29) is 59.8 Å². The van der Waals surface area contributed by atoms with Gasteiger partial charge in [-0.3, -0.25) is 19.3 Å². The molecular formula is C18H25N3O3. The van der Waals surface area contributed by atoms with E-state index in [0.29, 0.717) is 13.1 Å². The fourth-order valence-corrected chi connectivity index (χ4v) is 5.27. The molecular weight excluding hydrogens is 306 g/mol. The SMILES string of the molecule is NC[C@H]1CCC[C@H]1C(=O)NCCN1C(=O)C2C3C=CC(C3)C2C1=O. The van der Waals surface area contributed by atoms with Crippen LogP contribution in [0.2, 0.25) is 0 Å². The number of allylic oxidation sites excluding steroid dienone is 2. The van der Waals surface area contributed by atoms with E-state index in [1.54, 1.807) is 0 Å². The highest BCUT2D eigenvalue weighted by atomic mass is 16.2. The van der Waals surface area contributed by atoms with Gasteiger partial charge in [0.2, 0.25) is 17.7 Å². The molecule has 4 unspecified atom stereocenters. The maximum absolute atomic E-state index is 12.6. The number of nitrogens with one attached hydrogen (secondary N) is 1. The Morgan fingerprint density at radius 3 is 2.46 bits per heavy atom.